The van der Waals surface area contributed by atoms with Crippen LogP contribution in [0.3, 0.4) is 0 Å². The summed E-state index contributed by atoms with van der Waals surface area (Å²) in [5, 5.41) is 0.664. The maximum atomic E-state index is 13.4. The predicted molar refractivity (Wildman–Crippen MR) is 119 cm³/mol. The molecule has 1 fully saturated rings. The van der Waals surface area contributed by atoms with Gasteiger partial charge in [0.2, 0.25) is 5.91 Å². The number of nitrogens with one attached hydrogen (secondary N) is 1. The monoisotopic (exact) mass is 421 g/mol. The minimum Gasteiger partial charge on any atom is -0.463 e. The van der Waals surface area contributed by atoms with Crippen LogP contribution < -0.4 is 11.3 Å². The molecule has 0 saturated carbocycles. The summed E-state index contributed by atoms with van der Waals surface area (Å²) < 4.78 is 5.89. The lowest BCUT2D eigenvalue weighted by molar-refractivity contribution is -0.123. The molecule has 31 heavy (non-hydrogen) atoms. The van der Waals surface area contributed by atoms with Gasteiger partial charge in [0.05, 0.1) is 11.5 Å². The van der Waals surface area contributed by atoms with Crippen LogP contribution in [-0.2, 0) is 10.2 Å². The van der Waals surface area contributed by atoms with Crippen LogP contribution in [-0.4, -0.2) is 34.8 Å². The number of pyridine rings is 1. The zero-order valence-corrected chi connectivity index (χ0v) is 18.0. The van der Waals surface area contributed by atoms with Crippen molar-refractivity contribution in [2.45, 2.75) is 39.0 Å². The first-order valence-corrected chi connectivity index (χ1v) is 10.5. The molecule has 162 valence electrons. The Kier molecular flexibility index (Phi) is 5.21. The molecule has 2 amide bonds. The average Bonchev–Trinajstić information content (AvgIpc) is 3.16. The van der Waals surface area contributed by atoms with Crippen molar-refractivity contribution in [2.24, 2.45) is 11.7 Å². The number of furan rings is 1. The Hall–Kier alpha value is -3.35. The van der Waals surface area contributed by atoms with Gasteiger partial charge < -0.3 is 20.0 Å². The molecule has 3 heterocycles. The lowest BCUT2D eigenvalue weighted by Crippen LogP contribution is -2.44. The van der Waals surface area contributed by atoms with Gasteiger partial charge in [-0.3, -0.25) is 14.4 Å². The van der Waals surface area contributed by atoms with E-state index in [2.05, 4.69) is 25.8 Å². The topological polar surface area (TPSA) is 109 Å². The molecule has 1 atom stereocenters. The third-order valence-electron chi connectivity index (χ3n) is 5.95. The van der Waals surface area contributed by atoms with E-state index in [1.807, 2.05) is 12.1 Å². The molecule has 4 rings (SSSR count). The van der Waals surface area contributed by atoms with Crippen LogP contribution in [0, 0.1) is 5.92 Å². The number of aromatic amines is 1. The van der Waals surface area contributed by atoms with E-state index in [1.54, 1.807) is 23.2 Å². The molecule has 3 N–H and O–H groups in total. The van der Waals surface area contributed by atoms with Gasteiger partial charge in [0.25, 0.3) is 11.5 Å². The number of hydrogen-bond donors (Lipinski definition) is 2. The minimum atomic E-state index is -0.379. The Morgan fingerprint density at radius 1 is 1.26 bits per heavy atom. The van der Waals surface area contributed by atoms with Crippen molar-refractivity contribution in [3.8, 4) is 11.1 Å². The number of H-pyrrole nitrogens is 1. The van der Waals surface area contributed by atoms with E-state index in [4.69, 9.17) is 10.2 Å². The van der Waals surface area contributed by atoms with Gasteiger partial charge in [-0.25, -0.2) is 0 Å². The van der Waals surface area contributed by atoms with E-state index in [1.165, 1.54) is 6.26 Å². The summed E-state index contributed by atoms with van der Waals surface area (Å²) in [6, 6.07) is 7.32. The normalized spacial score (nSPS) is 17.1. The van der Waals surface area contributed by atoms with Crippen LogP contribution in [0.1, 0.15) is 49.5 Å². The highest BCUT2D eigenvalue weighted by Crippen LogP contribution is 2.37. The number of hydrogen-bond acceptors (Lipinski definition) is 4. The van der Waals surface area contributed by atoms with E-state index in [-0.39, 0.29) is 28.7 Å². The van der Waals surface area contributed by atoms with Crippen molar-refractivity contribution in [3.63, 3.8) is 0 Å². The molecule has 1 aromatic carbocycles. The van der Waals surface area contributed by atoms with E-state index in [0.717, 1.165) is 17.5 Å². The molecule has 1 saturated heterocycles. The van der Waals surface area contributed by atoms with Crippen LogP contribution in [0.15, 0.2) is 45.9 Å². The number of carbonyl (C=O) groups is 2. The second-order valence-corrected chi connectivity index (χ2v) is 9.21. The fourth-order valence-corrected chi connectivity index (χ4v) is 4.23. The van der Waals surface area contributed by atoms with Gasteiger partial charge in [-0.05, 0) is 48.1 Å². The number of likely N-dealkylation sites (tertiary alicyclic amines) is 1. The maximum absolute atomic E-state index is 13.4. The van der Waals surface area contributed by atoms with Gasteiger partial charge in [-0.2, -0.15) is 0 Å². The molecule has 0 spiro atoms. The molecule has 1 aliphatic rings. The summed E-state index contributed by atoms with van der Waals surface area (Å²) in [4.78, 5) is 41.8. The molecule has 0 radical (unpaired) electrons. The molecule has 0 aliphatic carbocycles. The molecule has 0 bridgehead atoms. The van der Waals surface area contributed by atoms with Gasteiger partial charge in [-0.1, -0.05) is 20.8 Å². The fraction of sp³-hybridized carbons (Fsp3) is 0.375. The highest BCUT2D eigenvalue weighted by atomic mass is 16.3. The average molecular weight is 421 g/mol. The Labute approximate surface area is 180 Å². The number of aromatic nitrogens is 1. The van der Waals surface area contributed by atoms with E-state index < -0.39 is 0 Å². The molecule has 1 aliphatic heterocycles. The van der Waals surface area contributed by atoms with Crippen molar-refractivity contribution < 1.29 is 14.0 Å². The second-order valence-electron chi connectivity index (χ2n) is 9.21. The molecule has 7 nitrogen and oxygen atoms in total. The zero-order chi connectivity index (χ0) is 22.3. The van der Waals surface area contributed by atoms with Crippen LogP contribution in [0.4, 0.5) is 0 Å². The molecule has 7 heteroatoms. The van der Waals surface area contributed by atoms with Crippen molar-refractivity contribution in [2.75, 3.05) is 13.1 Å². The number of amides is 2. The lowest BCUT2D eigenvalue weighted by Gasteiger charge is -2.31. The number of primary amides is 1. The van der Waals surface area contributed by atoms with Gasteiger partial charge in [0.15, 0.2) is 0 Å². The van der Waals surface area contributed by atoms with Crippen LogP contribution in [0.5, 0.6) is 0 Å². The zero-order valence-electron chi connectivity index (χ0n) is 18.0. The highest BCUT2D eigenvalue weighted by molar-refractivity contribution is 6.08. The van der Waals surface area contributed by atoms with Gasteiger partial charge in [0.1, 0.15) is 11.8 Å². The summed E-state index contributed by atoms with van der Waals surface area (Å²) in [6.45, 7) is 7.07. The number of rotatable bonds is 3. The minimum absolute atomic E-state index is 0.191. The maximum Gasteiger partial charge on any atom is 0.257 e. The van der Waals surface area contributed by atoms with Crippen molar-refractivity contribution in [1.82, 2.24) is 9.88 Å². The quantitative estimate of drug-likeness (QED) is 0.675. The molecule has 1 unspecified atom stereocenters. The standard InChI is InChI=1S/C24H27N3O4/c1-24(2,3)19-11-15(16-7-4-8-26-22(16)29)10-17-18(13-31-20(17)19)23(30)27-9-5-6-14(12-27)21(25)28/h4,7-8,10-11,13-14H,5-6,9,12H2,1-3H3,(H2,25,28)(H,26,29). The molecule has 3 aromatic rings. The molecular formula is C24H27N3O4. The molecule has 2 aromatic heterocycles. The van der Waals surface area contributed by atoms with Crippen LogP contribution in [0.25, 0.3) is 22.1 Å². The van der Waals surface area contributed by atoms with E-state index in [9.17, 15) is 14.4 Å². The number of piperidine rings is 1. The number of carbonyl (C=O) groups excluding carboxylic acids is 2. The first kappa shape index (κ1) is 20.9. The van der Waals surface area contributed by atoms with E-state index >= 15 is 0 Å². The van der Waals surface area contributed by atoms with Crippen LogP contribution in [0.2, 0.25) is 0 Å². The van der Waals surface area contributed by atoms with Crippen molar-refractivity contribution in [1.29, 1.82) is 0 Å². The Morgan fingerprint density at radius 3 is 2.71 bits per heavy atom. The fourth-order valence-electron chi connectivity index (χ4n) is 4.23. The summed E-state index contributed by atoms with van der Waals surface area (Å²) in [6.07, 6.45) is 4.50. The predicted octanol–water partition coefficient (Wildman–Crippen LogP) is 3.42. The lowest BCUT2D eigenvalue weighted by atomic mass is 9.84. The smallest absolute Gasteiger partial charge is 0.257 e. The van der Waals surface area contributed by atoms with E-state index in [0.29, 0.717) is 41.6 Å². The van der Waals surface area contributed by atoms with Crippen molar-refractivity contribution >= 4 is 22.8 Å². The Morgan fingerprint density at radius 2 is 2.03 bits per heavy atom. The summed E-state index contributed by atoms with van der Waals surface area (Å²) in [5.74, 6) is -0.904. The summed E-state index contributed by atoms with van der Waals surface area (Å²) in [7, 11) is 0. The first-order chi connectivity index (χ1) is 14.7. The number of benzene rings is 1. The van der Waals surface area contributed by atoms with Gasteiger partial charge in [0, 0.05) is 35.8 Å². The van der Waals surface area contributed by atoms with Crippen molar-refractivity contribution in [3.05, 3.63) is 58.2 Å². The van der Waals surface area contributed by atoms with Gasteiger partial charge in [-0.15, -0.1) is 0 Å². The largest absolute Gasteiger partial charge is 0.463 e. The third-order valence-corrected chi connectivity index (χ3v) is 5.95. The van der Waals surface area contributed by atoms with Gasteiger partial charge >= 0.3 is 0 Å². The Bertz CT molecular complexity index is 1220. The summed E-state index contributed by atoms with van der Waals surface area (Å²) >= 11 is 0. The first-order valence-electron chi connectivity index (χ1n) is 10.5. The SMILES string of the molecule is CC(C)(C)c1cc(-c2ccc[nH]c2=O)cc2c(C(=O)N3CCCC(C(N)=O)C3)coc12. The second kappa shape index (κ2) is 7.72. The summed E-state index contributed by atoms with van der Waals surface area (Å²) in [5.41, 5.74) is 8.25. The highest BCUT2D eigenvalue weighted by Gasteiger charge is 2.30. The van der Waals surface area contributed by atoms with Crippen LogP contribution >= 0.6 is 0 Å². The Balaban J connectivity index is 1.85. The molecular weight excluding hydrogens is 394 g/mol. The number of nitrogens with two attached hydrogens (primary N) is 1. The third kappa shape index (κ3) is 3.87. The number of nitrogens with zero attached hydrogens (tertiary/aromatic N) is 1. The number of fused-ring (bicyclic) bond motifs is 1.